The summed E-state index contributed by atoms with van der Waals surface area (Å²) in [7, 11) is 0. The largest absolute Gasteiger partial charge is 0.463 e. The average Bonchev–Trinajstić information content (AvgIpc) is 3.24. The highest BCUT2D eigenvalue weighted by molar-refractivity contribution is 5.69. The molecule has 4 heteroatoms. The topological polar surface area (TPSA) is 59.1 Å². The van der Waals surface area contributed by atoms with E-state index in [-0.39, 0.29) is 12.6 Å². The summed E-state index contributed by atoms with van der Waals surface area (Å²) >= 11 is 0. The number of unbranched alkanes of at least 4 members (excludes halogenated alkanes) is 6. The lowest BCUT2D eigenvalue weighted by Gasteiger charge is -2.06. The van der Waals surface area contributed by atoms with Crippen molar-refractivity contribution in [3.63, 3.8) is 0 Å². The Kier molecular flexibility index (Phi) is 10.5. The Balaban J connectivity index is 1.78. The number of ether oxygens (including phenoxy) is 2. The minimum absolute atomic E-state index is 0.112. The Morgan fingerprint density at radius 1 is 1.05 bits per heavy atom. The van der Waals surface area contributed by atoms with E-state index in [1.54, 1.807) is 6.92 Å². The van der Waals surface area contributed by atoms with E-state index in [0.29, 0.717) is 18.6 Å². The van der Waals surface area contributed by atoms with Gasteiger partial charge in [0.05, 0.1) is 18.3 Å². The van der Waals surface area contributed by atoms with Crippen LogP contribution in [0.3, 0.4) is 0 Å². The molecule has 0 radical (unpaired) electrons. The van der Waals surface area contributed by atoms with E-state index in [0.717, 1.165) is 12.8 Å². The fraction of sp³-hybridized carbons (Fsp3) is 0.944. The maximum atomic E-state index is 11.3. The van der Waals surface area contributed by atoms with Crippen LogP contribution >= 0.6 is 0 Å². The molecule has 0 bridgehead atoms. The van der Waals surface area contributed by atoms with Crippen LogP contribution in [0.2, 0.25) is 0 Å². The maximum absolute atomic E-state index is 11.3. The lowest BCUT2D eigenvalue weighted by molar-refractivity contribution is -0.146. The molecule has 0 saturated carbocycles. The van der Waals surface area contributed by atoms with Gasteiger partial charge < -0.3 is 14.6 Å². The fourth-order valence-corrected chi connectivity index (χ4v) is 2.70. The lowest BCUT2D eigenvalue weighted by Crippen LogP contribution is -2.14. The number of esters is 1. The standard InChI is InChI=1S/C18H34O4/c1-3-4-11-16-17(22-16)12-9-7-5-6-8-10-13-18(20)21-14-15(2)19/h15-17,19H,3-14H2,1-2H3. The van der Waals surface area contributed by atoms with Gasteiger partial charge in [-0.15, -0.1) is 0 Å². The van der Waals surface area contributed by atoms with Gasteiger partial charge in [-0.25, -0.2) is 0 Å². The van der Waals surface area contributed by atoms with Gasteiger partial charge in [-0.2, -0.15) is 0 Å². The highest BCUT2D eigenvalue weighted by Gasteiger charge is 2.36. The second kappa shape index (κ2) is 11.9. The van der Waals surface area contributed by atoms with Crippen LogP contribution in [-0.2, 0) is 14.3 Å². The van der Waals surface area contributed by atoms with E-state index in [1.165, 1.54) is 51.4 Å². The minimum Gasteiger partial charge on any atom is -0.463 e. The Labute approximate surface area is 135 Å². The molecule has 0 aromatic rings. The first kappa shape index (κ1) is 19.4. The number of epoxide rings is 1. The number of aliphatic hydroxyl groups is 1. The van der Waals surface area contributed by atoms with E-state index in [4.69, 9.17) is 14.6 Å². The van der Waals surface area contributed by atoms with Crippen molar-refractivity contribution in [2.45, 2.75) is 103 Å². The third-order valence-electron chi connectivity index (χ3n) is 4.13. The molecule has 0 aromatic carbocycles. The summed E-state index contributed by atoms with van der Waals surface area (Å²) in [5.41, 5.74) is 0. The highest BCUT2D eigenvalue weighted by atomic mass is 16.6. The quantitative estimate of drug-likeness (QED) is 0.299. The van der Waals surface area contributed by atoms with Crippen LogP contribution in [-0.4, -0.2) is 36.0 Å². The molecule has 0 spiro atoms. The summed E-state index contributed by atoms with van der Waals surface area (Å²) in [6.45, 7) is 3.96. The molecule has 1 N–H and O–H groups in total. The van der Waals surface area contributed by atoms with E-state index < -0.39 is 6.10 Å². The molecule has 1 aliphatic heterocycles. The number of aliphatic hydroxyl groups excluding tert-OH is 1. The molecule has 1 fully saturated rings. The minimum atomic E-state index is -0.569. The Morgan fingerprint density at radius 3 is 2.27 bits per heavy atom. The smallest absolute Gasteiger partial charge is 0.305 e. The molecule has 1 rings (SSSR count). The van der Waals surface area contributed by atoms with Gasteiger partial charge >= 0.3 is 5.97 Å². The molecule has 0 amide bonds. The molecular weight excluding hydrogens is 280 g/mol. The van der Waals surface area contributed by atoms with Crippen molar-refractivity contribution >= 4 is 5.97 Å². The third-order valence-corrected chi connectivity index (χ3v) is 4.13. The Hall–Kier alpha value is -0.610. The van der Waals surface area contributed by atoms with Crippen LogP contribution in [0.25, 0.3) is 0 Å². The van der Waals surface area contributed by atoms with Crippen LogP contribution in [0.4, 0.5) is 0 Å². The highest BCUT2D eigenvalue weighted by Crippen LogP contribution is 2.31. The monoisotopic (exact) mass is 314 g/mol. The van der Waals surface area contributed by atoms with Crippen molar-refractivity contribution in [1.29, 1.82) is 0 Å². The normalized spacial score (nSPS) is 21.6. The summed E-state index contributed by atoms with van der Waals surface area (Å²) in [4.78, 5) is 11.3. The number of hydrogen-bond acceptors (Lipinski definition) is 4. The van der Waals surface area contributed by atoms with Gasteiger partial charge in [0.25, 0.3) is 0 Å². The predicted molar refractivity (Wildman–Crippen MR) is 87.8 cm³/mol. The first-order valence-corrected chi connectivity index (χ1v) is 9.12. The van der Waals surface area contributed by atoms with Crippen molar-refractivity contribution in [3.8, 4) is 0 Å². The molecule has 1 aliphatic rings. The van der Waals surface area contributed by atoms with Crippen molar-refractivity contribution in [2.75, 3.05) is 6.61 Å². The molecule has 0 aliphatic carbocycles. The van der Waals surface area contributed by atoms with Crippen molar-refractivity contribution in [2.24, 2.45) is 0 Å². The molecule has 1 saturated heterocycles. The summed E-state index contributed by atoms with van der Waals surface area (Å²) < 4.78 is 10.6. The van der Waals surface area contributed by atoms with Gasteiger partial charge in [-0.05, 0) is 26.2 Å². The van der Waals surface area contributed by atoms with E-state index >= 15 is 0 Å². The summed E-state index contributed by atoms with van der Waals surface area (Å²) in [6, 6.07) is 0. The average molecular weight is 314 g/mol. The number of rotatable bonds is 14. The second-order valence-corrected chi connectivity index (χ2v) is 6.55. The third kappa shape index (κ3) is 10.2. The first-order chi connectivity index (χ1) is 10.6. The second-order valence-electron chi connectivity index (χ2n) is 6.55. The first-order valence-electron chi connectivity index (χ1n) is 9.12. The number of hydrogen-bond donors (Lipinski definition) is 1. The van der Waals surface area contributed by atoms with E-state index in [2.05, 4.69) is 6.92 Å². The van der Waals surface area contributed by atoms with Gasteiger partial charge in [0.1, 0.15) is 6.61 Å². The van der Waals surface area contributed by atoms with Crippen LogP contribution in [0, 0.1) is 0 Å². The zero-order chi connectivity index (χ0) is 16.2. The van der Waals surface area contributed by atoms with Crippen LogP contribution in [0.5, 0.6) is 0 Å². The Bertz CT molecular complexity index is 291. The molecule has 3 unspecified atom stereocenters. The maximum Gasteiger partial charge on any atom is 0.305 e. The van der Waals surface area contributed by atoms with Crippen molar-refractivity contribution in [1.82, 2.24) is 0 Å². The number of carbonyl (C=O) groups is 1. The van der Waals surface area contributed by atoms with E-state index in [1.807, 2.05) is 0 Å². The molecule has 0 aromatic heterocycles. The molecule has 1 heterocycles. The SMILES string of the molecule is CCCCC1OC1CCCCCCCCC(=O)OCC(C)O. The van der Waals surface area contributed by atoms with Crippen LogP contribution in [0.1, 0.15) is 84.5 Å². The number of carbonyl (C=O) groups excluding carboxylic acids is 1. The van der Waals surface area contributed by atoms with Gasteiger partial charge in [0, 0.05) is 6.42 Å². The summed E-state index contributed by atoms with van der Waals surface area (Å²) in [5, 5.41) is 9.01. The summed E-state index contributed by atoms with van der Waals surface area (Å²) in [6.07, 6.45) is 13.0. The van der Waals surface area contributed by atoms with Crippen molar-refractivity contribution in [3.05, 3.63) is 0 Å². The zero-order valence-corrected chi connectivity index (χ0v) is 14.4. The van der Waals surface area contributed by atoms with Crippen LogP contribution < -0.4 is 0 Å². The molecule has 22 heavy (non-hydrogen) atoms. The fourth-order valence-electron chi connectivity index (χ4n) is 2.70. The molecule has 3 atom stereocenters. The predicted octanol–water partition coefficient (Wildman–Crippen LogP) is 3.99. The Morgan fingerprint density at radius 2 is 1.64 bits per heavy atom. The van der Waals surface area contributed by atoms with Gasteiger partial charge in [0.15, 0.2) is 0 Å². The van der Waals surface area contributed by atoms with E-state index in [9.17, 15) is 4.79 Å². The molecule has 130 valence electrons. The van der Waals surface area contributed by atoms with Crippen LogP contribution in [0.15, 0.2) is 0 Å². The van der Waals surface area contributed by atoms with Gasteiger partial charge in [-0.1, -0.05) is 51.9 Å². The molecular formula is C18H34O4. The summed E-state index contributed by atoms with van der Waals surface area (Å²) in [5.74, 6) is -0.190. The van der Waals surface area contributed by atoms with Crippen molar-refractivity contribution < 1.29 is 19.4 Å². The molecule has 4 nitrogen and oxygen atoms in total. The van der Waals surface area contributed by atoms with Gasteiger partial charge in [0.2, 0.25) is 0 Å². The van der Waals surface area contributed by atoms with Gasteiger partial charge in [-0.3, -0.25) is 4.79 Å². The lowest BCUT2D eigenvalue weighted by atomic mass is 10.0. The zero-order valence-electron chi connectivity index (χ0n) is 14.4.